The summed E-state index contributed by atoms with van der Waals surface area (Å²) < 4.78 is 8.72. The maximum atomic E-state index is 7.63. The summed E-state index contributed by atoms with van der Waals surface area (Å²) in [6.45, 7) is 14.0. The van der Waals surface area contributed by atoms with Crippen LogP contribution in [0.2, 0.25) is 0 Å². The predicted octanol–water partition coefficient (Wildman–Crippen LogP) is 7.22. The van der Waals surface area contributed by atoms with E-state index in [-0.39, 0.29) is 0 Å². The molecule has 0 radical (unpaired) electrons. The fourth-order valence-corrected chi connectivity index (χ4v) is 4.55. The van der Waals surface area contributed by atoms with Gasteiger partial charge >= 0.3 is 0 Å². The Hall–Kier alpha value is -3.90. The highest BCUT2D eigenvalue weighted by Crippen LogP contribution is 2.45. The molecule has 3 heteroatoms. The zero-order valence-corrected chi connectivity index (χ0v) is 18.2. The van der Waals surface area contributed by atoms with Gasteiger partial charge in [-0.2, -0.15) is 4.57 Å². The second kappa shape index (κ2) is 7.11. The van der Waals surface area contributed by atoms with Crippen LogP contribution in [-0.2, 0) is 7.05 Å². The summed E-state index contributed by atoms with van der Waals surface area (Å²) in [6.07, 6.45) is 0. The monoisotopic (exact) mass is 403 g/mol. The molecule has 0 saturated carbocycles. The average Bonchev–Trinajstić information content (AvgIpc) is 3.16. The van der Waals surface area contributed by atoms with Gasteiger partial charge in [-0.1, -0.05) is 48.5 Å². The van der Waals surface area contributed by atoms with Crippen LogP contribution in [0.5, 0.6) is 0 Å². The standard InChI is InChI=1S/C28H23N2O/c1-17-14-19(3)30(5)24(15-17)25-18(2)16-22(20-10-7-6-8-11-20)26-21-12-9-13-23(29-4)27(21)31-28(25)26/h6-16H,1-3,5H3/q+1. The Morgan fingerprint density at radius 2 is 1.65 bits per heavy atom. The maximum absolute atomic E-state index is 7.63. The average molecular weight is 404 g/mol. The maximum Gasteiger partial charge on any atom is 0.229 e. The molecule has 0 unspecified atom stereocenters. The van der Waals surface area contributed by atoms with Gasteiger partial charge in [-0.15, -0.1) is 0 Å². The molecule has 0 saturated heterocycles. The first-order valence-corrected chi connectivity index (χ1v) is 10.4. The molecule has 3 aromatic carbocycles. The lowest BCUT2D eigenvalue weighted by atomic mass is 9.92. The summed E-state index contributed by atoms with van der Waals surface area (Å²) in [7, 11) is 2.09. The highest BCUT2D eigenvalue weighted by molar-refractivity contribution is 6.18. The summed E-state index contributed by atoms with van der Waals surface area (Å²) in [6, 6.07) is 22.9. The highest BCUT2D eigenvalue weighted by atomic mass is 16.3. The van der Waals surface area contributed by atoms with Crippen LogP contribution in [0.25, 0.3) is 49.2 Å². The van der Waals surface area contributed by atoms with Crippen LogP contribution in [0, 0.1) is 27.3 Å². The van der Waals surface area contributed by atoms with Crippen LogP contribution in [0.1, 0.15) is 16.8 Å². The van der Waals surface area contributed by atoms with Gasteiger partial charge in [0.1, 0.15) is 18.2 Å². The van der Waals surface area contributed by atoms with Gasteiger partial charge in [0.25, 0.3) is 0 Å². The molecule has 0 atom stereocenters. The Bertz CT molecular complexity index is 1520. The van der Waals surface area contributed by atoms with Gasteiger partial charge in [0.15, 0.2) is 5.69 Å². The number of furan rings is 1. The van der Waals surface area contributed by atoms with Crippen molar-refractivity contribution in [1.82, 2.24) is 0 Å². The van der Waals surface area contributed by atoms with Crippen LogP contribution in [0.3, 0.4) is 0 Å². The van der Waals surface area contributed by atoms with E-state index in [1.54, 1.807) is 0 Å². The quantitative estimate of drug-likeness (QED) is 0.225. The third-order valence-corrected chi connectivity index (χ3v) is 6.10. The minimum absolute atomic E-state index is 0.543. The Balaban J connectivity index is 2.01. The first-order valence-electron chi connectivity index (χ1n) is 10.4. The van der Waals surface area contributed by atoms with E-state index in [4.69, 9.17) is 11.0 Å². The number of nitrogens with zero attached hydrogens (tertiary/aromatic N) is 2. The molecule has 2 heterocycles. The van der Waals surface area contributed by atoms with Crippen molar-refractivity contribution in [3.63, 3.8) is 0 Å². The lowest BCUT2D eigenvalue weighted by Gasteiger charge is -2.12. The molecule has 2 aromatic heterocycles. The zero-order valence-electron chi connectivity index (χ0n) is 18.2. The number of benzene rings is 3. The number of hydrogen-bond donors (Lipinski definition) is 0. The van der Waals surface area contributed by atoms with Gasteiger partial charge in [0.2, 0.25) is 11.4 Å². The second-order valence-corrected chi connectivity index (χ2v) is 8.17. The molecule has 5 aromatic rings. The van der Waals surface area contributed by atoms with Gasteiger partial charge in [0, 0.05) is 29.8 Å². The molecule has 0 spiro atoms. The minimum atomic E-state index is 0.543. The molecule has 0 aliphatic carbocycles. The van der Waals surface area contributed by atoms with Crippen molar-refractivity contribution < 1.29 is 8.98 Å². The summed E-state index contributed by atoms with van der Waals surface area (Å²) >= 11 is 0. The minimum Gasteiger partial charge on any atom is -0.466 e. The number of hydrogen-bond acceptors (Lipinski definition) is 1. The SMILES string of the molecule is [C-]#[N+]c1cccc2c1oc1c(-c3cc(C)cc(C)[n+]3C)c(C)cc(-c3ccccc3)c12. The number of aryl methyl sites for hydroxylation is 3. The number of para-hydroxylation sites is 1. The number of fused-ring (bicyclic) bond motifs is 3. The molecule has 5 rings (SSSR count). The van der Waals surface area contributed by atoms with E-state index in [9.17, 15) is 0 Å². The third-order valence-electron chi connectivity index (χ3n) is 6.10. The second-order valence-electron chi connectivity index (χ2n) is 8.17. The van der Waals surface area contributed by atoms with E-state index in [0.717, 1.165) is 44.3 Å². The van der Waals surface area contributed by atoms with Gasteiger partial charge in [-0.25, -0.2) is 4.85 Å². The van der Waals surface area contributed by atoms with Crippen molar-refractivity contribution in [2.24, 2.45) is 7.05 Å². The van der Waals surface area contributed by atoms with E-state index in [1.165, 1.54) is 11.3 Å². The summed E-state index contributed by atoms with van der Waals surface area (Å²) in [5.41, 5.74) is 10.0. The Morgan fingerprint density at radius 3 is 2.39 bits per heavy atom. The number of aromatic nitrogens is 1. The van der Waals surface area contributed by atoms with Crippen LogP contribution in [0.4, 0.5) is 5.69 Å². The van der Waals surface area contributed by atoms with Crippen molar-refractivity contribution >= 4 is 27.6 Å². The Morgan fingerprint density at radius 1 is 0.871 bits per heavy atom. The molecule has 0 bridgehead atoms. The van der Waals surface area contributed by atoms with Gasteiger partial charge in [0.05, 0.1) is 12.1 Å². The zero-order chi connectivity index (χ0) is 21.7. The molecule has 3 nitrogen and oxygen atoms in total. The largest absolute Gasteiger partial charge is 0.466 e. The lowest BCUT2D eigenvalue weighted by molar-refractivity contribution is -0.666. The summed E-state index contributed by atoms with van der Waals surface area (Å²) in [4.78, 5) is 3.72. The van der Waals surface area contributed by atoms with Crippen LogP contribution in [0.15, 0.2) is 71.1 Å². The smallest absolute Gasteiger partial charge is 0.229 e. The molecule has 150 valence electrons. The van der Waals surface area contributed by atoms with Gasteiger partial charge in [-0.3, -0.25) is 0 Å². The van der Waals surface area contributed by atoms with Gasteiger partial charge < -0.3 is 4.42 Å². The predicted molar refractivity (Wildman–Crippen MR) is 126 cm³/mol. The summed E-state index contributed by atoms with van der Waals surface area (Å²) in [5.74, 6) is 0. The number of pyridine rings is 1. The Kier molecular flexibility index (Phi) is 4.38. The van der Waals surface area contributed by atoms with Crippen molar-refractivity contribution in [1.29, 1.82) is 0 Å². The molecule has 31 heavy (non-hydrogen) atoms. The molecule has 0 amide bonds. The van der Waals surface area contributed by atoms with E-state index < -0.39 is 0 Å². The number of rotatable bonds is 2. The molecular weight excluding hydrogens is 380 g/mol. The molecule has 0 fully saturated rings. The highest BCUT2D eigenvalue weighted by Gasteiger charge is 2.25. The van der Waals surface area contributed by atoms with E-state index in [2.05, 4.69) is 85.8 Å². The van der Waals surface area contributed by atoms with E-state index in [0.29, 0.717) is 11.3 Å². The first-order chi connectivity index (χ1) is 15.0. The van der Waals surface area contributed by atoms with Crippen molar-refractivity contribution in [3.05, 3.63) is 95.0 Å². The first kappa shape index (κ1) is 19.1. The fraction of sp³-hybridized carbons (Fsp3) is 0.143. The molecule has 0 aliphatic rings. The normalized spacial score (nSPS) is 11.2. The lowest BCUT2D eigenvalue weighted by Crippen LogP contribution is -2.35. The van der Waals surface area contributed by atoms with Crippen LogP contribution >= 0.6 is 0 Å². The van der Waals surface area contributed by atoms with Gasteiger partial charge in [-0.05, 0) is 42.2 Å². The van der Waals surface area contributed by atoms with Crippen molar-refractivity contribution in [2.75, 3.05) is 0 Å². The molecule has 0 aliphatic heterocycles. The third kappa shape index (κ3) is 2.92. The fourth-order valence-electron chi connectivity index (χ4n) is 4.55. The summed E-state index contributed by atoms with van der Waals surface area (Å²) in [5, 5.41) is 2.04. The van der Waals surface area contributed by atoms with Crippen LogP contribution in [-0.4, -0.2) is 0 Å². The molecular formula is C28H23N2O+. The van der Waals surface area contributed by atoms with E-state index in [1.807, 2.05) is 18.2 Å². The topological polar surface area (TPSA) is 21.4 Å². The Labute approximate surface area is 182 Å². The van der Waals surface area contributed by atoms with Crippen LogP contribution < -0.4 is 4.57 Å². The van der Waals surface area contributed by atoms with Crippen molar-refractivity contribution in [3.8, 4) is 22.4 Å². The van der Waals surface area contributed by atoms with E-state index >= 15 is 0 Å². The molecule has 0 N–H and O–H groups in total. The van der Waals surface area contributed by atoms with Crippen molar-refractivity contribution in [2.45, 2.75) is 20.8 Å².